The number of nitriles is 2. The summed E-state index contributed by atoms with van der Waals surface area (Å²) in [5.74, 6) is -0.432. The first-order valence-electron chi connectivity index (χ1n) is 6.70. The molecule has 0 spiro atoms. The molecule has 0 aliphatic heterocycles. The van der Waals surface area contributed by atoms with Crippen LogP contribution in [0.1, 0.15) is 5.56 Å². The van der Waals surface area contributed by atoms with Crippen LogP contribution in [-0.4, -0.2) is 4.57 Å². The highest BCUT2D eigenvalue weighted by Crippen LogP contribution is 2.08. The largest absolute Gasteiger partial charge is 0.273 e. The van der Waals surface area contributed by atoms with Crippen LogP contribution >= 0.6 is 22.7 Å². The molecule has 4 nitrogen and oxygen atoms in total. The number of hydrogen-bond donors (Lipinski definition) is 0. The van der Waals surface area contributed by atoms with Crippen molar-refractivity contribution in [3.63, 3.8) is 0 Å². The van der Waals surface area contributed by atoms with Crippen molar-refractivity contribution in [3.05, 3.63) is 72.0 Å². The predicted molar refractivity (Wildman–Crippen MR) is 91.6 cm³/mol. The van der Waals surface area contributed by atoms with Crippen molar-refractivity contribution < 1.29 is 4.39 Å². The lowest BCUT2D eigenvalue weighted by atomic mass is 10.3. The number of rotatable bonds is 2. The Balaban J connectivity index is 2.40. The molecule has 3 aromatic rings. The lowest BCUT2D eigenvalue weighted by Gasteiger charge is -2.01. The lowest BCUT2D eigenvalue weighted by Crippen LogP contribution is -2.30. The number of benzene rings is 1. The van der Waals surface area contributed by atoms with Crippen molar-refractivity contribution >= 4 is 34.3 Å². The van der Waals surface area contributed by atoms with Gasteiger partial charge in [0.05, 0.1) is 10.2 Å². The van der Waals surface area contributed by atoms with Crippen molar-refractivity contribution in [1.82, 2.24) is 4.57 Å². The van der Waals surface area contributed by atoms with Crippen LogP contribution in [0.5, 0.6) is 0 Å². The third kappa shape index (κ3) is 2.91. The molecule has 2 aromatic heterocycles. The van der Waals surface area contributed by atoms with Gasteiger partial charge < -0.3 is 0 Å². The minimum Gasteiger partial charge on any atom is -0.267 e. The van der Waals surface area contributed by atoms with Crippen LogP contribution in [0.25, 0.3) is 17.3 Å². The van der Waals surface area contributed by atoms with E-state index in [2.05, 4.69) is 0 Å². The molecule has 1 aromatic carbocycles. The molecule has 0 amide bonds. The van der Waals surface area contributed by atoms with E-state index in [0.29, 0.717) is 10.2 Å². The molecule has 7 heteroatoms. The average molecular weight is 353 g/mol. The number of hydrogen-bond acceptors (Lipinski definition) is 5. The van der Waals surface area contributed by atoms with Crippen LogP contribution in [0.4, 0.5) is 4.39 Å². The lowest BCUT2D eigenvalue weighted by molar-refractivity contribution is 0.627. The van der Waals surface area contributed by atoms with Crippen LogP contribution in [-0.2, 0) is 0 Å². The van der Waals surface area contributed by atoms with E-state index in [4.69, 9.17) is 10.5 Å². The molecule has 0 saturated heterocycles. The second-order valence-corrected chi connectivity index (χ2v) is 6.50. The molecule has 0 N–H and O–H groups in total. The Kier molecular flexibility index (Phi) is 4.39. The van der Waals surface area contributed by atoms with Crippen LogP contribution in [0, 0.1) is 28.5 Å². The van der Waals surface area contributed by atoms with Gasteiger partial charge in [-0.15, -0.1) is 11.3 Å². The van der Waals surface area contributed by atoms with Gasteiger partial charge in [0, 0.05) is 0 Å². The molecular formula is C17H8FN3OS2. The van der Waals surface area contributed by atoms with Crippen LogP contribution in [0.2, 0.25) is 0 Å². The molecule has 0 saturated carbocycles. The fourth-order valence-corrected chi connectivity index (χ4v) is 3.78. The Morgan fingerprint density at radius 3 is 2.46 bits per heavy atom. The Morgan fingerprint density at radius 1 is 1.17 bits per heavy atom. The van der Waals surface area contributed by atoms with Crippen LogP contribution in [0.15, 0.2) is 45.9 Å². The summed E-state index contributed by atoms with van der Waals surface area (Å²) in [6, 6.07) is 10.8. The van der Waals surface area contributed by atoms with Crippen molar-refractivity contribution in [2.75, 3.05) is 0 Å². The molecule has 0 radical (unpaired) electrons. The monoisotopic (exact) mass is 353 g/mol. The first kappa shape index (κ1) is 15.9. The zero-order valence-electron chi connectivity index (χ0n) is 12.1. The van der Waals surface area contributed by atoms with Gasteiger partial charge in [-0.05, 0) is 52.7 Å². The third-order valence-electron chi connectivity index (χ3n) is 3.19. The number of aromatic nitrogens is 1. The molecule has 0 bridgehead atoms. The van der Waals surface area contributed by atoms with E-state index in [1.165, 1.54) is 40.2 Å². The molecule has 116 valence electrons. The number of halogens is 1. The standard InChI is InChI=1S/C17H8FN3OS2/c18-13-1-3-14(4-2-13)21-16(22)15(7-11-5-6-23-10-11)24-17(21)12(8-19)9-20/h1-7,10H/b15-7+. The number of thiazole rings is 1. The molecule has 24 heavy (non-hydrogen) atoms. The van der Waals surface area contributed by atoms with E-state index in [9.17, 15) is 9.18 Å². The molecule has 0 aliphatic rings. The first-order valence-corrected chi connectivity index (χ1v) is 8.46. The molecule has 0 atom stereocenters. The smallest absolute Gasteiger partial charge is 0.267 e. The van der Waals surface area contributed by atoms with E-state index in [0.717, 1.165) is 16.9 Å². The Labute approximate surface area is 143 Å². The van der Waals surface area contributed by atoms with Gasteiger partial charge >= 0.3 is 0 Å². The van der Waals surface area contributed by atoms with Gasteiger partial charge in [0.2, 0.25) is 0 Å². The van der Waals surface area contributed by atoms with Crippen LogP contribution in [0.3, 0.4) is 0 Å². The van der Waals surface area contributed by atoms with E-state index < -0.39 is 5.82 Å². The van der Waals surface area contributed by atoms with Crippen molar-refractivity contribution in [2.45, 2.75) is 0 Å². The Morgan fingerprint density at radius 2 is 1.88 bits per heavy atom. The predicted octanol–water partition coefficient (Wildman–Crippen LogP) is 2.13. The maximum Gasteiger partial charge on any atom is 0.273 e. The third-order valence-corrected chi connectivity index (χ3v) is 4.98. The number of thiophene rings is 1. The highest BCUT2D eigenvalue weighted by molar-refractivity contribution is 7.08. The fourth-order valence-electron chi connectivity index (χ4n) is 2.10. The summed E-state index contributed by atoms with van der Waals surface area (Å²) in [6.07, 6.45) is 1.71. The number of nitrogens with zero attached hydrogens (tertiary/aromatic N) is 3. The summed E-state index contributed by atoms with van der Waals surface area (Å²) in [5, 5.41) is 22.1. The SMILES string of the molecule is N#CC(C#N)=c1s/c(=C/c2ccsc2)c(=O)n1-c1ccc(F)cc1. The van der Waals surface area contributed by atoms with Gasteiger partial charge in [-0.25, -0.2) is 4.39 Å². The summed E-state index contributed by atoms with van der Waals surface area (Å²) in [4.78, 5) is 12.8. The second kappa shape index (κ2) is 6.63. The quantitative estimate of drug-likeness (QED) is 0.709. The van der Waals surface area contributed by atoms with Crippen LogP contribution < -0.4 is 14.8 Å². The summed E-state index contributed by atoms with van der Waals surface area (Å²) in [5.41, 5.74) is 0.759. The fraction of sp³-hybridized carbons (Fsp3) is 0. The molecule has 2 heterocycles. The highest BCUT2D eigenvalue weighted by Gasteiger charge is 2.11. The summed E-state index contributed by atoms with van der Waals surface area (Å²) in [6.45, 7) is 0. The van der Waals surface area contributed by atoms with E-state index in [-0.39, 0.29) is 15.8 Å². The maximum atomic E-state index is 13.2. The van der Waals surface area contributed by atoms with E-state index in [1.54, 1.807) is 6.08 Å². The topological polar surface area (TPSA) is 69.6 Å². The molecule has 0 unspecified atom stereocenters. The Hall–Kier alpha value is -3.00. The van der Waals surface area contributed by atoms with Crippen molar-refractivity contribution in [3.8, 4) is 17.8 Å². The normalized spacial score (nSPS) is 11.0. The van der Waals surface area contributed by atoms with Gasteiger partial charge in [0.15, 0.2) is 5.57 Å². The highest BCUT2D eigenvalue weighted by atomic mass is 32.1. The summed E-state index contributed by atoms with van der Waals surface area (Å²) < 4.78 is 15.1. The van der Waals surface area contributed by atoms with Gasteiger partial charge in [-0.2, -0.15) is 21.9 Å². The van der Waals surface area contributed by atoms with Crippen molar-refractivity contribution in [2.24, 2.45) is 0 Å². The average Bonchev–Trinajstić information content (AvgIpc) is 3.20. The van der Waals surface area contributed by atoms with Gasteiger partial charge in [-0.3, -0.25) is 9.36 Å². The zero-order valence-corrected chi connectivity index (χ0v) is 13.7. The van der Waals surface area contributed by atoms with Crippen molar-refractivity contribution in [1.29, 1.82) is 10.5 Å². The van der Waals surface area contributed by atoms with E-state index >= 15 is 0 Å². The maximum absolute atomic E-state index is 13.2. The molecule has 3 rings (SSSR count). The van der Waals surface area contributed by atoms with Gasteiger partial charge in [0.25, 0.3) is 5.56 Å². The molecule has 0 aliphatic carbocycles. The Bertz CT molecular complexity index is 1130. The minimum atomic E-state index is -0.432. The van der Waals surface area contributed by atoms with Gasteiger partial charge in [0.1, 0.15) is 22.6 Å². The summed E-state index contributed by atoms with van der Waals surface area (Å²) >= 11 is 2.57. The van der Waals surface area contributed by atoms with Gasteiger partial charge in [-0.1, -0.05) is 0 Å². The summed E-state index contributed by atoms with van der Waals surface area (Å²) in [7, 11) is 0. The molecule has 0 fully saturated rings. The minimum absolute atomic E-state index is 0.161. The first-order chi connectivity index (χ1) is 11.6. The van der Waals surface area contributed by atoms with E-state index in [1.807, 2.05) is 29.0 Å². The molecular weight excluding hydrogens is 345 g/mol. The zero-order chi connectivity index (χ0) is 17.1. The second-order valence-electron chi connectivity index (χ2n) is 4.69.